The lowest BCUT2D eigenvalue weighted by Gasteiger charge is -2.34. The maximum atomic E-state index is 13.1. The minimum atomic E-state index is -0.995. The van der Waals surface area contributed by atoms with Crippen LogP contribution < -0.4 is 20.9 Å². The van der Waals surface area contributed by atoms with Gasteiger partial charge < -0.3 is 30.3 Å². The molecule has 2 aliphatic rings. The summed E-state index contributed by atoms with van der Waals surface area (Å²) in [6, 6.07) is 12.8. The number of benzene rings is 1. The maximum absolute atomic E-state index is 13.1. The molecule has 0 bridgehead atoms. The molecule has 11 nitrogen and oxygen atoms in total. The van der Waals surface area contributed by atoms with Crippen LogP contribution in [0.25, 0.3) is 0 Å². The molecule has 1 unspecified atom stereocenters. The lowest BCUT2D eigenvalue weighted by molar-refractivity contribution is -0.156. The molecule has 4 heterocycles. The van der Waals surface area contributed by atoms with Crippen LogP contribution in [0.2, 0.25) is 0 Å². The van der Waals surface area contributed by atoms with E-state index >= 15 is 0 Å². The van der Waals surface area contributed by atoms with Crippen molar-refractivity contribution in [2.24, 2.45) is 0 Å². The second-order valence-corrected chi connectivity index (χ2v) is 12.6. The molecule has 0 aliphatic carbocycles. The first-order valence-electron chi connectivity index (χ1n) is 17.0. The second kappa shape index (κ2) is 16.9. The van der Waals surface area contributed by atoms with Crippen molar-refractivity contribution < 1.29 is 19.1 Å². The first kappa shape index (κ1) is 35.4. The van der Waals surface area contributed by atoms with E-state index in [0.717, 1.165) is 73.8 Å². The van der Waals surface area contributed by atoms with E-state index in [0.29, 0.717) is 18.2 Å². The Morgan fingerprint density at radius 1 is 1.06 bits per heavy atom. The quantitative estimate of drug-likeness (QED) is 0.218. The number of aryl methyl sites for hydroxylation is 1. The summed E-state index contributed by atoms with van der Waals surface area (Å²) in [4.78, 5) is 42.2. The molecule has 1 fully saturated rings. The highest BCUT2D eigenvalue weighted by Crippen LogP contribution is 2.33. The number of rotatable bonds is 10. The monoisotopic (exact) mass is 645 g/mol. The molecule has 47 heavy (non-hydrogen) atoms. The van der Waals surface area contributed by atoms with Gasteiger partial charge in [-0.25, -0.2) is 24.5 Å². The van der Waals surface area contributed by atoms with Gasteiger partial charge in [-0.15, -0.1) is 0 Å². The average molecular weight is 646 g/mol. The van der Waals surface area contributed by atoms with Crippen LogP contribution in [-0.4, -0.2) is 64.8 Å². The Kier molecular flexibility index (Phi) is 12.8. The van der Waals surface area contributed by atoms with E-state index in [4.69, 9.17) is 14.5 Å². The summed E-state index contributed by atoms with van der Waals surface area (Å²) < 4.78 is 11.0. The summed E-state index contributed by atoms with van der Waals surface area (Å²) in [7, 11) is 0. The van der Waals surface area contributed by atoms with Gasteiger partial charge >= 0.3 is 12.1 Å². The van der Waals surface area contributed by atoms with Crippen molar-refractivity contribution in [1.82, 2.24) is 20.3 Å². The van der Waals surface area contributed by atoms with Crippen LogP contribution in [0.15, 0.2) is 48.8 Å². The highest BCUT2D eigenvalue weighted by Gasteiger charge is 2.29. The fourth-order valence-electron chi connectivity index (χ4n) is 5.78. The van der Waals surface area contributed by atoms with Gasteiger partial charge in [0.15, 0.2) is 0 Å². The predicted molar refractivity (Wildman–Crippen MR) is 186 cm³/mol. The van der Waals surface area contributed by atoms with Crippen molar-refractivity contribution in [3.05, 3.63) is 71.2 Å². The summed E-state index contributed by atoms with van der Waals surface area (Å²) in [5, 5.41) is 9.41. The van der Waals surface area contributed by atoms with Crippen LogP contribution in [0.4, 0.5) is 22.2 Å². The minimum absolute atomic E-state index is 0.0684. The van der Waals surface area contributed by atoms with E-state index in [-0.39, 0.29) is 13.2 Å². The molecule has 3 aromatic rings. The van der Waals surface area contributed by atoms with Gasteiger partial charge in [0, 0.05) is 43.4 Å². The predicted octanol–water partition coefficient (Wildman–Crippen LogP) is 6.25. The molecule has 5 rings (SSSR count). The fraction of sp³-hybridized carbons (Fsp3) is 0.528. The molecule has 254 valence electrons. The molecular weight excluding hydrogens is 594 g/mol. The van der Waals surface area contributed by atoms with Gasteiger partial charge in [-0.05, 0) is 70.1 Å². The van der Waals surface area contributed by atoms with E-state index < -0.39 is 23.7 Å². The zero-order chi connectivity index (χ0) is 33.8. The fourth-order valence-corrected chi connectivity index (χ4v) is 5.78. The highest BCUT2D eigenvalue weighted by atomic mass is 16.6. The van der Waals surface area contributed by atoms with Crippen molar-refractivity contribution in [2.45, 2.75) is 97.8 Å². The third-order valence-corrected chi connectivity index (χ3v) is 8.07. The van der Waals surface area contributed by atoms with E-state index in [2.05, 4.69) is 49.9 Å². The van der Waals surface area contributed by atoms with Crippen LogP contribution >= 0.6 is 0 Å². The van der Waals surface area contributed by atoms with Crippen LogP contribution in [0.5, 0.6) is 0 Å². The molecule has 2 aliphatic heterocycles. The van der Waals surface area contributed by atoms with Crippen molar-refractivity contribution in [3.8, 4) is 0 Å². The highest BCUT2D eigenvalue weighted by molar-refractivity contribution is 5.82. The number of carbonyl (C=O) groups is 2. The summed E-state index contributed by atoms with van der Waals surface area (Å²) >= 11 is 0. The number of hydrogen-bond acceptors (Lipinski definition) is 10. The van der Waals surface area contributed by atoms with Crippen molar-refractivity contribution >= 4 is 29.5 Å². The number of anilines is 3. The Morgan fingerprint density at radius 2 is 1.81 bits per heavy atom. The summed E-state index contributed by atoms with van der Waals surface area (Å²) in [5.41, 5.74) is 3.55. The Labute approximate surface area is 279 Å². The standard InChI is InChI=1S/C34H45N7O4.C2H6/c1-5-26-30(36-20-28(32(42)45-34(2,3)4)40-33(43)44-21-23-10-7-6-8-11-23)37-22-38-31(26)41-18-15-24(16-19-41)27-14-13-25-12-9-17-35-29(25)39-27;1-2/h6-8,10-11,13-14,22,24,28H,5,9,12,15-21H2,1-4H3,(H,35,39)(H,40,43)(H,36,37,38);1-2H3. The van der Waals surface area contributed by atoms with Crippen LogP contribution in [0.1, 0.15) is 89.1 Å². The van der Waals surface area contributed by atoms with Gasteiger partial charge in [0.25, 0.3) is 0 Å². The van der Waals surface area contributed by atoms with Gasteiger partial charge in [-0.1, -0.05) is 57.2 Å². The van der Waals surface area contributed by atoms with E-state index in [1.807, 2.05) is 44.2 Å². The molecule has 1 amide bonds. The number of alkyl carbamates (subject to hydrolysis) is 1. The normalized spacial score (nSPS) is 15.2. The number of nitrogens with one attached hydrogen (secondary N) is 3. The average Bonchev–Trinajstić information content (AvgIpc) is 3.09. The van der Waals surface area contributed by atoms with Gasteiger partial charge in [0.1, 0.15) is 42.0 Å². The van der Waals surface area contributed by atoms with Crippen molar-refractivity contribution in [2.75, 3.05) is 41.7 Å². The molecule has 2 aromatic heterocycles. The Balaban J connectivity index is 0.00000245. The number of amides is 1. The van der Waals surface area contributed by atoms with Crippen LogP contribution in [-0.2, 0) is 33.7 Å². The van der Waals surface area contributed by atoms with E-state index in [1.165, 1.54) is 5.56 Å². The molecule has 0 spiro atoms. The number of fused-ring (bicyclic) bond motifs is 1. The molecule has 1 saturated heterocycles. The summed E-state index contributed by atoms with van der Waals surface area (Å²) in [6.07, 6.45) is 5.74. The van der Waals surface area contributed by atoms with E-state index in [9.17, 15) is 9.59 Å². The lowest BCUT2D eigenvalue weighted by Crippen LogP contribution is -2.48. The van der Waals surface area contributed by atoms with Gasteiger partial charge in [-0.2, -0.15) is 0 Å². The molecule has 1 atom stereocenters. The van der Waals surface area contributed by atoms with Crippen LogP contribution in [0.3, 0.4) is 0 Å². The number of aromatic nitrogens is 3. The molecule has 0 radical (unpaired) electrons. The number of ether oxygens (including phenoxy) is 2. The zero-order valence-corrected chi connectivity index (χ0v) is 28.8. The maximum Gasteiger partial charge on any atom is 0.408 e. The van der Waals surface area contributed by atoms with Crippen molar-refractivity contribution in [1.29, 1.82) is 0 Å². The Hall–Kier alpha value is -4.41. The van der Waals surface area contributed by atoms with Crippen LogP contribution in [0, 0.1) is 0 Å². The number of nitrogens with zero attached hydrogens (tertiary/aromatic N) is 4. The Bertz CT molecular complexity index is 1450. The first-order chi connectivity index (χ1) is 22.7. The van der Waals surface area contributed by atoms with Gasteiger partial charge in [-0.3, -0.25) is 0 Å². The second-order valence-electron chi connectivity index (χ2n) is 12.6. The smallest absolute Gasteiger partial charge is 0.408 e. The molecule has 0 saturated carbocycles. The number of esters is 1. The Morgan fingerprint density at radius 3 is 2.51 bits per heavy atom. The summed E-state index contributed by atoms with van der Waals surface area (Å²) in [6.45, 7) is 14.3. The number of hydrogen-bond donors (Lipinski definition) is 3. The molecule has 1 aromatic carbocycles. The zero-order valence-electron chi connectivity index (χ0n) is 28.8. The first-order valence-corrected chi connectivity index (χ1v) is 17.0. The third-order valence-electron chi connectivity index (χ3n) is 8.07. The van der Waals surface area contributed by atoms with Gasteiger partial charge in [0.05, 0.1) is 0 Å². The molecule has 3 N–H and O–H groups in total. The largest absolute Gasteiger partial charge is 0.458 e. The SMILES string of the molecule is CC.CCc1c(NCC(NC(=O)OCc2ccccc2)C(=O)OC(C)(C)C)ncnc1N1CCC(c2ccc3c(n2)NCCC3)CC1. The van der Waals surface area contributed by atoms with Crippen molar-refractivity contribution in [3.63, 3.8) is 0 Å². The summed E-state index contributed by atoms with van der Waals surface area (Å²) in [5.74, 6) is 2.40. The third kappa shape index (κ3) is 10.0. The van der Waals surface area contributed by atoms with E-state index in [1.54, 1.807) is 27.1 Å². The number of carbonyl (C=O) groups excluding carboxylic acids is 2. The van der Waals surface area contributed by atoms with Gasteiger partial charge in [0.2, 0.25) is 0 Å². The topological polar surface area (TPSA) is 131 Å². The minimum Gasteiger partial charge on any atom is -0.458 e. The molecular formula is C36H51N7O4. The lowest BCUT2D eigenvalue weighted by atomic mass is 9.92. The number of piperidine rings is 1. The number of pyridine rings is 1. The molecule has 11 heteroatoms.